The van der Waals surface area contributed by atoms with Gasteiger partial charge in [-0.3, -0.25) is 0 Å². The van der Waals surface area contributed by atoms with Gasteiger partial charge in [-0.25, -0.2) is 4.98 Å². The van der Waals surface area contributed by atoms with Crippen LogP contribution in [0.3, 0.4) is 0 Å². The molecule has 0 N–H and O–H groups in total. The standard InChI is InChI=1S/C18H5Cl7F3N/c19-6-1-8(14(23)11(21)3-6)9-5-13(18(26,27)28)29-17(16(9)25)10-2-7(20)4-12(22)15(10)24/h1-5H. The lowest BCUT2D eigenvalue weighted by Crippen LogP contribution is -2.09. The molecule has 0 aliphatic heterocycles. The Hall–Kier alpha value is -0.590. The Morgan fingerprint density at radius 1 is 0.586 bits per heavy atom. The van der Waals surface area contributed by atoms with Crippen LogP contribution in [-0.4, -0.2) is 4.98 Å². The highest BCUT2D eigenvalue weighted by Gasteiger charge is 2.35. The number of hydrogen-bond acceptors (Lipinski definition) is 1. The molecule has 0 fully saturated rings. The van der Waals surface area contributed by atoms with Crippen molar-refractivity contribution in [2.24, 2.45) is 0 Å². The van der Waals surface area contributed by atoms with E-state index in [1.807, 2.05) is 0 Å². The van der Waals surface area contributed by atoms with Gasteiger partial charge in [-0.15, -0.1) is 0 Å². The molecule has 0 aliphatic carbocycles. The molecule has 1 heterocycles. The highest BCUT2D eigenvalue weighted by molar-refractivity contribution is 6.47. The number of nitrogens with zero attached hydrogens (tertiary/aromatic N) is 1. The van der Waals surface area contributed by atoms with E-state index in [0.717, 1.165) is 6.07 Å². The van der Waals surface area contributed by atoms with Gasteiger partial charge in [-0.1, -0.05) is 81.2 Å². The monoisotopic (exact) mass is 537 g/mol. The van der Waals surface area contributed by atoms with E-state index in [2.05, 4.69) is 4.98 Å². The summed E-state index contributed by atoms with van der Waals surface area (Å²) in [4.78, 5) is 3.65. The number of alkyl halides is 3. The van der Waals surface area contributed by atoms with Gasteiger partial charge in [0.05, 0.1) is 30.8 Å². The van der Waals surface area contributed by atoms with Gasteiger partial charge < -0.3 is 0 Å². The topological polar surface area (TPSA) is 12.9 Å². The number of benzene rings is 2. The van der Waals surface area contributed by atoms with Crippen LogP contribution in [-0.2, 0) is 6.18 Å². The highest BCUT2D eigenvalue weighted by atomic mass is 35.5. The summed E-state index contributed by atoms with van der Waals surface area (Å²) in [5.41, 5.74) is -1.49. The Morgan fingerprint density at radius 2 is 1.03 bits per heavy atom. The maximum absolute atomic E-state index is 13.6. The predicted octanol–water partition coefficient (Wildman–Crippen LogP) is 10.0. The van der Waals surface area contributed by atoms with Crippen LogP contribution < -0.4 is 0 Å². The summed E-state index contributed by atoms with van der Waals surface area (Å²) >= 11 is 42.8. The normalized spacial score (nSPS) is 11.8. The summed E-state index contributed by atoms with van der Waals surface area (Å²) < 4.78 is 40.7. The van der Waals surface area contributed by atoms with E-state index in [1.54, 1.807) is 0 Å². The fourth-order valence-electron chi connectivity index (χ4n) is 2.53. The van der Waals surface area contributed by atoms with Crippen molar-refractivity contribution in [1.29, 1.82) is 0 Å². The van der Waals surface area contributed by atoms with E-state index in [1.165, 1.54) is 24.3 Å². The Bertz CT molecular complexity index is 1050. The van der Waals surface area contributed by atoms with Crippen LogP contribution in [0.25, 0.3) is 22.4 Å². The number of hydrogen-bond donors (Lipinski definition) is 0. The lowest BCUT2D eigenvalue weighted by atomic mass is 10.0. The van der Waals surface area contributed by atoms with E-state index in [4.69, 9.17) is 81.2 Å². The second-order valence-corrected chi connectivity index (χ2v) is 8.53. The van der Waals surface area contributed by atoms with E-state index >= 15 is 0 Å². The Kier molecular flexibility index (Phi) is 6.77. The molecule has 2 aromatic carbocycles. The number of aromatic nitrogens is 1. The molecule has 0 amide bonds. The van der Waals surface area contributed by atoms with Gasteiger partial charge in [0.15, 0.2) is 0 Å². The first-order chi connectivity index (χ1) is 13.4. The number of halogens is 10. The highest BCUT2D eigenvalue weighted by Crippen LogP contribution is 2.46. The zero-order valence-electron chi connectivity index (χ0n) is 13.6. The molecule has 0 atom stereocenters. The molecule has 0 radical (unpaired) electrons. The summed E-state index contributed by atoms with van der Waals surface area (Å²) in [6, 6.07) is 6.09. The van der Waals surface area contributed by atoms with Crippen molar-refractivity contribution in [2.75, 3.05) is 0 Å². The lowest BCUT2D eigenvalue weighted by Gasteiger charge is -2.17. The Balaban J connectivity index is 2.43. The largest absolute Gasteiger partial charge is 0.433 e. The van der Waals surface area contributed by atoms with Gasteiger partial charge in [0, 0.05) is 26.7 Å². The molecule has 0 unspecified atom stereocenters. The minimum Gasteiger partial charge on any atom is -0.242 e. The first kappa shape index (κ1) is 23.1. The quantitative estimate of drug-likeness (QED) is 0.295. The smallest absolute Gasteiger partial charge is 0.242 e. The molecule has 1 nitrogen and oxygen atoms in total. The van der Waals surface area contributed by atoms with Crippen LogP contribution in [0, 0.1) is 0 Å². The second-order valence-electron chi connectivity index (χ2n) is 5.71. The predicted molar refractivity (Wildman–Crippen MR) is 115 cm³/mol. The Labute approximate surface area is 198 Å². The third kappa shape index (κ3) is 4.69. The SMILES string of the molecule is FC(F)(F)c1cc(-c2cc(Cl)cc(Cl)c2Cl)c(Cl)c(-c2cc(Cl)cc(Cl)c2Cl)n1. The molecule has 0 bridgehead atoms. The molecule has 0 aliphatic rings. The molecule has 0 saturated carbocycles. The first-order valence-corrected chi connectivity index (χ1v) is 10.1. The van der Waals surface area contributed by atoms with E-state index in [-0.39, 0.29) is 57.5 Å². The van der Waals surface area contributed by atoms with Crippen molar-refractivity contribution in [1.82, 2.24) is 4.98 Å². The minimum atomic E-state index is -4.79. The van der Waals surface area contributed by atoms with Crippen molar-refractivity contribution in [2.45, 2.75) is 6.18 Å². The van der Waals surface area contributed by atoms with Crippen molar-refractivity contribution < 1.29 is 13.2 Å². The zero-order valence-corrected chi connectivity index (χ0v) is 18.9. The summed E-state index contributed by atoms with van der Waals surface area (Å²) in [5, 5.41) is 0.0926. The molecule has 0 saturated heterocycles. The zero-order chi connectivity index (χ0) is 21.7. The number of pyridine rings is 1. The van der Waals surface area contributed by atoms with Crippen molar-refractivity contribution in [3.63, 3.8) is 0 Å². The summed E-state index contributed by atoms with van der Waals surface area (Å²) in [5.74, 6) is 0. The average Bonchev–Trinajstić information content (AvgIpc) is 2.60. The van der Waals surface area contributed by atoms with Gasteiger partial charge >= 0.3 is 6.18 Å². The van der Waals surface area contributed by atoms with Crippen molar-refractivity contribution in [3.05, 3.63) is 71.2 Å². The van der Waals surface area contributed by atoms with Crippen molar-refractivity contribution >= 4 is 81.2 Å². The maximum Gasteiger partial charge on any atom is 0.433 e. The molecule has 3 rings (SSSR count). The van der Waals surface area contributed by atoms with Crippen LogP contribution in [0.1, 0.15) is 5.69 Å². The van der Waals surface area contributed by atoms with Gasteiger partial charge in [0.25, 0.3) is 0 Å². The van der Waals surface area contributed by atoms with Gasteiger partial charge in [-0.2, -0.15) is 13.2 Å². The van der Waals surface area contributed by atoms with E-state index in [9.17, 15) is 13.2 Å². The van der Waals surface area contributed by atoms with Crippen LogP contribution in [0.4, 0.5) is 13.2 Å². The third-order valence-corrected chi connectivity index (χ3v) is 6.20. The fourth-order valence-corrected chi connectivity index (χ4v) is 4.23. The van der Waals surface area contributed by atoms with Crippen LogP contribution in [0.15, 0.2) is 30.3 Å². The summed E-state index contributed by atoms with van der Waals surface area (Å²) in [6.07, 6.45) is -4.79. The second kappa shape index (κ2) is 8.51. The van der Waals surface area contributed by atoms with Crippen molar-refractivity contribution in [3.8, 4) is 22.4 Å². The molecule has 11 heteroatoms. The van der Waals surface area contributed by atoms with E-state index in [0.29, 0.717) is 0 Å². The summed E-state index contributed by atoms with van der Waals surface area (Å²) in [7, 11) is 0. The minimum absolute atomic E-state index is 0.0192. The van der Waals surface area contributed by atoms with Gasteiger partial charge in [0.2, 0.25) is 0 Å². The molecular formula is C18H5Cl7F3N. The first-order valence-electron chi connectivity index (χ1n) is 7.47. The van der Waals surface area contributed by atoms with Gasteiger partial charge in [0.1, 0.15) is 5.69 Å². The fraction of sp³-hybridized carbons (Fsp3) is 0.0556. The third-order valence-electron chi connectivity index (χ3n) is 3.78. The molecule has 0 spiro atoms. The molecule has 3 aromatic rings. The maximum atomic E-state index is 13.6. The molecule has 1 aromatic heterocycles. The Morgan fingerprint density at radius 3 is 1.55 bits per heavy atom. The lowest BCUT2D eigenvalue weighted by molar-refractivity contribution is -0.141. The van der Waals surface area contributed by atoms with Crippen LogP contribution in [0.5, 0.6) is 0 Å². The molecule has 152 valence electrons. The van der Waals surface area contributed by atoms with Crippen LogP contribution >= 0.6 is 81.2 Å². The molecule has 29 heavy (non-hydrogen) atoms. The van der Waals surface area contributed by atoms with Crippen LogP contribution in [0.2, 0.25) is 35.2 Å². The van der Waals surface area contributed by atoms with E-state index < -0.39 is 11.9 Å². The average molecular weight is 540 g/mol. The van der Waals surface area contributed by atoms with Gasteiger partial charge in [-0.05, 0) is 30.3 Å². The molecular weight excluding hydrogens is 535 g/mol. The summed E-state index contributed by atoms with van der Waals surface area (Å²) in [6.45, 7) is 0. The number of rotatable bonds is 2.